The van der Waals surface area contributed by atoms with Gasteiger partial charge in [-0.05, 0) is 37.6 Å². The fraction of sp³-hybridized carbons (Fsp3) is 0.312. The number of hydrogen-bond acceptors (Lipinski definition) is 4. The van der Waals surface area contributed by atoms with Gasteiger partial charge in [0.25, 0.3) is 0 Å². The topological polar surface area (TPSA) is 58.2 Å². The van der Waals surface area contributed by atoms with Crippen LogP contribution in [0.25, 0.3) is 0 Å². The second kappa shape index (κ2) is 6.67. The number of hydrogen-bond donors (Lipinski definition) is 1. The minimum absolute atomic E-state index is 0.202. The quantitative estimate of drug-likeness (QED) is 0.863. The predicted molar refractivity (Wildman–Crippen MR) is 77.6 cm³/mol. The van der Waals surface area contributed by atoms with Crippen molar-refractivity contribution >= 4 is 5.69 Å². The molecule has 20 heavy (non-hydrogen) atoms. The van der Waals surface area contributed by atoms with Gasteiger partial charge in [-0.15, -0.1) is 0 Å². The third kappa shape index (κ3) is 3.79. The third-order valence-electron chi connectivity index (χ3n) is 2.98. The highest BCUT2D eigenvalue weighted by Gasteiger charge is 2.03. The van der Waals surface area contributed by atoms with Gasteiger partial charge in [-0.2, -0.15) is 5.26 Å². The summed E-state index contributed by atoms with van der Waals surface area (Å²) in [6, 6.07) is 13.2. The number of nitrogens with zero attached hydrogens (tertiary/aromatic N) is 1. The van der Waals surface area contributed by atoms with Crippen LogP contribution in [0.5, 0.6) is 5.75 Å². The Bertz CT molecular complexity index is 599. The molecular formula is C16H18N2O2. The van der Waals surface area contributed by atoms with Crippen LogP contribution in [0.4, 0.5) is 5.69 Å². The molecule has 0 radical (unpaired) electrons. The van der Waals surface area contributed by atoms with Gasteiger partial charge in [0.1, 0.15) is 17.6 Å². The van der Waals surface area contributed by atoms with Gasteiger partial charge < -0.3 is 14.5 Å². The lowest BCUT2D eigenvalue weighted by molar-refractivity contribution is 0.217. The fourth-order valence-corrected chi connectivity index (χ4v) is 1.72. The van der Waals surface area contributed by atoms with Crippen LogP contribution in [0, 0.1) is 11.3 Å². The highest BCUT2D eigenvalue weighted by Crippen LogP contribution is 2.20. The zero-order valence-electron chi connectivity index (χ0n) is 11.7. The highest BCUT2D eigenvalue weighted by atomic mass is 16.5. The van der Waals surface area contributed by atoms with E-state index in [1.807, 2.05) is 37.3 Å². The van der Waals surface area contributed by atoms with E-state index in [4.69, 9.17) is 14.4 Å². The lowest BCUT2D eigenvalue weighted by Gasteiger charge is -2.13. The third-order valence-corrected chi connectivity index (χ3v) is 2.98. The van der Waals surface area contributed by atoms with Crippen molar-refractivity contribution in [2.24, 2.45) is 0 Å². The van der Waals surface area contributed by atoms with Gasteiger partial charge in [-0.3, -0.25) is 0 Å². The molecule has 2 rings (SSSR count). The average molecular weight is 270 g/mol. The zero-order valence-corrected chi connectivity index (χ0v) is 11.7. The Morgan fingerprint density at radius 1 is 1.35 bits per heavy atom. The molecule has 104 valence electrons. The van der Waals surface area contributed by atoms with Gasteiger partial charge in [0, 0.05) is 11.8 Å². The second-order valence-corrected chi connectivity index (χ2v) is 4.60. The van der Waals surface area contributed by atoms with Crippen LogP contribution in [0.2, 0.25) is 0 Å². The van der Waals surface area contributed by atoms with E-state index in [0.29, 0.717) is 12.3 Å². The largest absolute Gasteiger partial charge is 0.491 e. The van der Waals surface area contributed by atoms with Gasteiger partial charge in [-0.25, -0.2) is 0 Å². The normalized spacial score (nSPS) is 11.7. The van der Waals surface area contributed by atoms with Crippen molar-refractivity contribution in [3.63, 3.8) is 0 Å². The van der Waals surface area contributed by atoms with Gasteiger partial charge in [-0.1, -0.05) is 13.0 Å². The maximum Gasteiger partial charge on any atom is 0.203 e. The molecule has 4 heteroatoms. The molecule has 0 fully saturated rings. The molecule has 0 amide bonds. The molecule has 0 aliphatic rings. The van der Waals surface area contributed by atoms with Crippen molar-refractivity contribution in [3.05, 3.63) is 47.9 Å². The van der Waals surface area contributed by atoms with Gasteiger partial charge in [0.15, 0.2) is 0 Å². The van der Waals surface area contributed by atoms with Crippen LogP contribution in [0.15, 0.2) is 40.8 Å². The lowest BCUT2D eigenvalue weighted by Crippen LogP contribution is -2.09. The number of ether oxygens (including phenoxy) is 1. The first-order valence-corrected chi connectivity index (χ1v) is 6.70. The first kappa shape index (κ1) is 14.0. The Morgan fingerprint density at radius 2 is 2.20 bits per heavy atom. The SMILES string of the molecule is CCC(C)Oc1cccc(NCc2ccc(C#N)o2)c1. The van der Waals surface area contributed by atoms with Crippen LogP contribution in [0.1, 0.15) is 31.8 Å². The van der Waals surface area contributed by atoms with Crippen molar-refractivity contribution in [2.45, 2.75) is 32.9 Å². The van der Waals surface area contributed by atoms with Crippen LogP contribution < -0.4 is 10.1 Å². The Kier molecular flexibility index (Phi) is 4.67. The van der Waals surface area contributed by atoms with E-state index in [2.05, 4.69) is 12.2 Å². The predicted octanol–water partition coefficient (Wildman–Crippen LogP) is 3.94. The molecule has 0 spiro atoms. The molecule has 0 saturated heterocycles. The van der Waals surface area contributed by atoms with Crippen molar-refractivity contribution < 1.29 is 9.15 Å². The molecule has 1 atom stereocenters. The maximum absolute atomic E-state index is 8.70. The number of nitriles is 1. The zero-order chi connectivity index (χ0) is 14.4. The summed E-state index contributed by atoms with van der Waals surface area (Å²) in [5.41, 5.74) is 0.959. The molecule has 1 N–H and O–H groups in total. The first-order chi connectivity index (χ1) is 9.71. The second-order valence-electron chi connectivity index (χ2n) is 4.60. The van der Waals surface area contributed by atoms with Gasteiger partial charge in [0.05, 0.1) is 12.6 Å². The fourth-order valence-electron chi connectivity index (χ4n) is 1.72. The number of anilines is 1. The minimum Gasteiger partial charge on any atom is -0.491 e. The summed E-state index contributed by atoms with van der Waals surface area (Å²) < 4.78 is 11.1. The smallest absolute Gasteiger partial charge is 0.203 e. The van der Waals surface area contributed by atoms with E-state index in [1.54, 1.807) is 12.1 Å². The Morgan fingerprint density at radius 3 is 2.90 bits per heavy atom. The van der Waals surface area contributed by atoms with E-state index >= 15 is 0 Å². The summed E-state index contributed by atoms with van der Waals surface area (Å²) in [5.74, 6) is 1.91. The number of benzene rings is 1. The van der Waals surface area contributed by atoms with Crippen molar-refractivity contribution in [1.29, 1.82) is 5.26 Å². The maximum atomic E-state index is 8.70. The summed E-state index contributed by atoms with van der Waals surface area (Å²) >= 11 is 0. The molecule has 1 heterocycles. The Hall–Kier alpha value is -2.41. The molecule has 0 aliphatic heterocycles. The molecule has 1 aromatic heterocycles. The number of rotatable bonds is 6. The average Bonchev–Trinajstić information content (AvgIpc) is 2.93. The summed E-state index contributed by atoms with van der Waals surface area (Å²) in [5, 5.41) is 11.9. The van der Waals surface area contributed by atoms with Crippen LogP contribution in [-0.4, -0.2) is 6.10 Å². The van der Waals surface area contributed by atoms with Crippen molar-refractivity contribution in [3.8, 4) is 11.8 Å². The molecule has 0 aliphatic carbocycles. The molecular weight excluding hydrogens is 252 g/mol. The van der Waals surface area contributed by atoms with E-state index in [-0.39, 0.29) is 6.10 Å². The summed E-state index contributed by atoms with van der Waals surface area (Å²) in [6.45, 7) is 4.68. The van der Waals surface area contributed by atoms with Crippen molar-refractivity contribution in [1.82, 2.24) is 0 Å². The molecule has 1 aromatic carbocycles. The van der Waals surface area contributed by atoms with Gasteiger partial charge >= 0.3 is 0 Å². The lowest BCUT2D eigenvalue weighted by atomic mass is 10.2. The molecule has 2 aromatic rings. The number of furan rings is 1. The van der Waals surface area contributed by atoms with E-state index < -0.39 is 0 Å². The molecule has 1 unspecified atom stereocenters. The molecule has 4 nitrogen and oxygen atoms in total. The summed E-state index contributed by atoms with van der Waals surface area (Å²) in [4.78, 5) is 0. The van der Waals surface area contributed by atoms with E-state index in [1.165, 1.54) is 0 Å². The first-order valence-electron chi connectivity index (χ1n) is 6.70. The van der Waals surface area contributed by atoms with E-state index in [9.17, 15) is 0 Å². The van der Waals surface area contributed by atoms with Crippen LogP contribution in [-0.2, 0) is 6.54 Å². The van der Waals surface area contributed by atoms with Crippen LogP contribution in [0.3, 0.4) is 0 Å². The van der Waals surface area contributed by atoms with Gasteiger partial charge in [0.2, 0.25) is 5.76 Å². The highest BCUT2D eigenvalue weighted by molar-refractivity contribution is 5.48. The summed E-state index contributed by atoms with van der Waals surface area (Å²) in [6.07, 6.45) is 1.18. The van der Waals surface area contributed by atoms with Crippen LogP contribution >= 0.6 is 0 Å². The monoisotopic (exact) mass is 270 g/mol. The molecule has 0 bridgehead atoms. The number of nitrogens with one attached hydrogen (secondary N) is 1. The Labute approximate surface area is 119 Å². The van der Waals surface area contributed by atoms with Crippen molar-refractivity contribution in [2.75, 3.05) is 5.32 Å². The summed E-state index contributed by atoms with van der Waals surface area (Å²) in [7, 11) is 0. The minimum atomic E-state index is 0.202. The van der Waals surface area contributed by atoms with E-state index in [0.717, 1.165) is 23.6 Å². The molecule has 0 saturated carbocycles. The standard InChI is InChI=1S/C16H18N2O2/c1-3-12(2)19-14-6-4-5-13(9-14)18-11-16-8-7-15(10-17)20-16/h4-9,12,18H,3,11H2,1-2H3. The Balaban J connectivity index is 1.96.